The Morgan fingerprint density at radius 2 is 2.19 bits per heavy atom. The fourth-order valence-electron chi connectivity index (χ4n) is 2.29. The predicted molar refractivity (Wildman–Crippen MR) is 82.4 cm³/mol. The summed E-state index contributed by atoms with van der Waals surface area (Å²) in [5, 5.41) is 6.05. The Hall–Kier alpha value is -1.69. The average Bonchev–Trinajstić information content (AvgIpc) is 2.54. The van der Waals surface area contributed by atoms with Gasteiger partial charge in [0.25, 0.3) is 0 Å². The number of piperidine rings is 1. The predicted octanol–water partition coefficient (Wildman–Crippen LogP) is 1.13. The minimum absolute atomic E-state index is 0.0403. The summed E-state index contributed by atoms with van der Waals surface area (Å²) < 4.78 is 0. The van der Waals surface area contributed by atoms with Crippen molar-refractivity contribution in [2.75, 3.05) is 13.1 Å². The molecule has 0 bridgehead atoms. The van der Waals surface area contributed by atoms with Crippen LogP contribution < -0.4 is 16.1 Å². The van der Waals surface area contributed by atoms with Crippen molar-refractivity contribution in [3.05, 3.63) is 48.6 Å². The lowest BCUT2D eigenvalue weighted by atomic mass is 10.0. The molecule has 3 N–H and O–H groups in total. The van der Waals surface area contributed by atoms with E-state index in [1.165, 1.54) is 0 Å². The molecule has 21 heavy (non-hydrogen) atoms. The summed E-state index contributed by atoms with van der Waals surface area (Å²) in [6.45, 7) is 5.37. The first kappa shape index (κ1) is 15.7. The lowest BCUT2D eigenvalue weighted by Crippen LogP contribution is -2.53. The molecule has 114 valence electrons. The van der Waals surface area contributed by atoms with Gasteiger partial charge in [-0.15, -0.1) is 6.58 Å². The maximum absolute atomic E-state index is 11.8. The maximum atomic E-state index is 11.8. The lowest BCUT2D eigenvalue weighted by Gasteiger charge is -2.29. The van der Waals surface area contributed by atoms with E-state index in [4.69, 9.17) is 4.84 Å². The third-order valence-corrected chi connectivity index (χ3v) is 3.48. The van der Waals surface area contributed by atoms with Crippen molar-refractivity contribution < 1.29 is 9.63 Å². The van der Waals surface area contributed by atoms with Gasteiger partial charge >= 0.3 is 0 Å². The second-order valence-corrected chi connectivity index (χ2v) is 5.16. The molecule has 1 amide bonds. The molecule has 5 nitrogen and oxygen atoms in total. The fraction of sp³-hybridized carbons (Fsp3) is 0.438. The average molecular weight is 289 g/mol. The number of rotatable bonds is 7. The highest BCUT2D eigenvalue weighted by Gasteiger charge is 2.25. The highest BCUT2D eigenvalue weighted by atomic mass is 16.6. The highest BCUT2D eigenvalue weighted by molar-refractivity contribution is 5.81. The molecule has 0 radical (unpaired) electrons. The summed E-state index contributed by atoms with van der Waals surface area (Å²) in [6.07, 6.45) is 3.39. The molecule has 5 heteroatoms. The fourth-order valence-corrected chi connectivity index (χ4v) is 2.29. The van der Waals surface area contributed by atoms with Crippen LogP contribution in [0.2, 0.25) is 0 Å². The summed E-state index contributed by atoms with van der Waals surface area (Å²) in [7, 11) is 0. The van der Waals surface area contributed by atoms with Crippen LogP contribution in [-0.2, 0) is 16.2 Å². The van der Waals surface area contributed by atoms with Crippen molar-refractivity contribution >= 4 is 5.91 Å². The van der Waals surface area contributed by atoms with Gasteiger partial charge in [-0.3, -0.25) is 9.63 Å². The third kappa shape index (κ3) is 5.30. The molecule has 0 spiro atoms. The van der Waals surface area contributed by atoms with Gasteiger partial charge in [-0.2, -0.15) is 5.48 Å². The molecule has 1 aliphatic heterocycles. The Kier molecular flexibility index (Phi) is 6.40. The van der Waals surface area contributed by atoms with E-state index in [1.807, 2.05) is 30.3 Å². The van der Waals surface area contributed by atoms with Gasteiger partial charge in [-0.05, 0) is 18.4 Å². The van der Waals surface area contributed by atoms with Crippen molar-refractivity contribution in [1.82, 2.24) is 16.1 Å². The van der Waals surface area contributed by atoms with Gasteiger partial charge < -0.3 is 10.6 Å². The monoisotopic (exact) mass is 289 g/mol. The van der Waals surface area contributed by atoms with E-state index in [-0.39, 0.29) is 18.0 Å². The molecule has 2 rings (SSSR count). The lowest BCUT2D eigenvalue weighted by molar-refractivity contribution is -0.123. The molecule has 0 saturated carbocycles. The number of hydrogen-bond donors (Lipinski definition) is 3. The Labute approximate surface area is 125 Å². The van der Waals surface area contributed by atoms with Crippen molar-refractivity contribution in [2.24, 2.45) is 0 Å². The SMILES string of the molecule is C=CCNC(=O)[C@@H]1CC[C@@H](NOCc2ccccc2)CN1. The molecule has 0 aromatic heterocycles. The number of hydroxylamine groups is 1. The normalized spacial score (nSPS) is 21.7. The molecule has 1 heterocycles. The zero-order valence-corrected chi connectivity index (χ0v) is 12.2. The van der Waals surface area contributed by atoms with Crippen LogP contribution in [0, 0.1) is 0 Å². The van der Waals surface area contributed by atoms with Gasteiger partial charge in [-0.1, -0.05) is 36.4 Å². The molecule has 1 fully saturated rings. The van der Waals surface area contributed by atoms with E-state index in [0.29, 0.717) is 13.2 Å². The van der Waals surface area contributed by atoms with Crippen molar-refractivity contribution in [3.8, 4) is 0 Å². The number of benzene rings is 1. The molecule has 1 aliphatic rings. The first-order valence-electron chi connectivity index (χ1n) is 7.33. The molecular weight excluding hydrogens is 266 g/mol. The summed E-state index contributed by atoms with van der Waals surface area (Å²) >= 11 is 0. The minimum Gasteiger partial charge on any atom is -0.351 e. The van der Waals surface area contributed by atoms with E-state index in [9.17, 15) is 4.79 Å². The molecule has 0 aliphatic carbocycles. The number of hydrogen-bond acceptors (Lipinski definition) is 4. The smallest absolute Gasteiger partial charge is 0.237 e. The first-order valence-corrected chi connectivity index (χ1v) is 7.33. The molecular formula is C16H23N3O2. The van der Waals surface area contributed by atoms with Gasteiger partial charge in [0.05, 0.1) is 12.6 Å². The quantitative estimate of drug-likeness (QED) is 0.520. The molecule has 1 saturated heterocycles. The number of carbonyl (C=O) groups excluding carboxylic acids is 1. The zero-order chi connectivity index (χ0) is 14.9. The van der Waals surface area contributed by atoms with Gasteiger partial charge in [0.1, 0.15) is 0 Å². The topological polar surface area (TPSA) is 62.4 Å². The number of nitrogens with one attached hydrogen (secondary N) is 3. The van der Waals surface area contributed by atoms with Crippen molar-refractivity contribution in [2.45, 2.75) is 31.5 Å². The summed E-state index contributed by atoms with van der Waals surface area (Å²) in [6, 6.07) is 10.1. The van der Waals surface area contributed by atoms with E-state index in [2.05, 4.69) is 22.7 Å². The Balaban J connectivity index is 1.63. The summed E-state index contributed by atoms with van der Waals surface area (Å²) in [5.74, 6) is 0.0403. The van der Waals surface area contributed by atoms with Gasteiger partial charge in [0.15, 0.2) is 0 Å². The second kappa shape index (κ2) is 8.56. The first-order chi connectivity index (χ1) is 10.3. The Morgan fingerprint density at radius 1 is 1.38 bits per heavy atom. The third-order valence-electron chi connectivity index (χ3n) is 3.48. The van der Waals surface area contributed by atoms with Crippen molar-refractivity contribution in [3.63, 3.8) is 0 Å². The van der Waals surface area contributed by atoms with Crippen LogP contribution in [-0.4, -0.2) is 31.1 Å². The second-order valence-electron chi connectivity index (χ2n) is 5.16. The van der Waals surface area contributed by atoms with E-state index in [1.54, 1.807) is 6.08 Å². The van der Waals surface area contributed by atoms with E-state index < -0.39 is 0 Å². The van der Waals surface area contributed by atoms with E-state index in [0.717, 1.165) is 24.9 Å². The summed E-state index contributed by atoms with van der Waals surface area (Å²) in [4.78, 5) is 17.3. The van der Waals surface area contributed by atoms with Crippen molar-refractivity contribution in [1.29, 1.82) is 0 Å². The molecule has 1 aromatic rings. The van der Waals surface area contributed by atoms with Crippen LogP contribution in [0.5, 0.6) is 0 Å². The van der Waals surface area contributed by atoms with E-state index >= 15 is 0 Å². The molecule has 0 unspecified atom stereocenters. The van der Waals surface area contributed by atoms with Gasteiger partial charge in [-0.25, -0.2) is 0 Å². The Morgan fingerprint density at radius 3 is 2.86 bits per heavy atom. The van der Waals surface area contributed by atoms with Crippen LogP contribution in [0.1, 0.15) is 18.4 Å². The molecule has 2 atom stereocenters. The van der Waals surface area contributed by atoms with Gasteiger partial charge in [0, 0.05) is 19.1 Å². The standard InChI is InChI=1S/C16H23N3O2/c1-2-10-17-16(20)15-9-8-14(11-18-15)19-21-12-13-6-4-3-5-7-13/h2-7,14-15,18-19H,1,8-12H2,(H,17,20)/t14-,15+/m1/s1. The zero-order valence-electron chi connectivity index (χ0n) is 12.2. The van der Waals surface area contributed by atoms with Gasteiger partial charge in [0.2, 0.25) is 5.91 Å². The summed E-state index contributed by atoms with van der Waals surface area (Å²) in [5.41, 5.74) is 4.20. The van der Waals surface area contributed by atoms with Crippen LogP contribution in [0.3, 0.4) is 0 Å². The largest absolute Gasteiger partial charge is 0.351 e. The maximum Gasteiger partial charge on any atom is 0.237 e. The van der Waals surface area contributed by atoms with Crippen LogP contribution in [0.25, 0.3) is 0 Å². The van der Waals surface area contributed by atoms with Crippen LogP contribution in [0.4, 0.5) is 0 Å². The number of amides is 1. The minimum atomic E-state index is -0.114. The van der Waals surface area contributed by atoms with Crippen LogP contribution in [0.15, 0.2) is 43.0 Å². The van der Waals surface area contributed by atoms with Crippen LogP contribution >= 0.6 is 0 Å². The number of carbonyl (C=O) groups is 1. The Bertz CT molecular complexity index is 442. The highest BCUT2D eigenvalue weighted by Crippen LogP contribution is 2.09. The molecule has 1 aromatic carbocycles.